The molecular weight excluding hydrogens is 287 g/mol. The maximum absolute atomic E-state index is 13.6. The molecule has 0 aliphatic carbocycles. The van der Waals surface area contributed by atoms with Gasteiger partial charge in [-0.2, -0.15) is 8.78 Å². The molecule has 0 bridgehead atoms. The van der Waals surface area contributed by atoms with E-state index in [1.54, 1.807) is 4.90 Å². The van der Waals surface area contributed by atoms with E-state index in [2.05, 4.69) is 4.74 Å². The van der Waals surface area contributed by atoms with Crippen molar-refractivity contribution in [3.05, 3.63) is 29.6 Å². The Morgan fingerprint density at radius 3 is 2.62 bits per heavy atom. The standard InChI is InChI=1S/C14H18F3NO3/c1-8(19)13(20)18-4-2-3-12(18)9-5-10(15)7-11(6-9)21-14(16)17/h5-8,12-14,19-20H,2-4H2,1H3/t8?,12-,13?/m1/s1. The molecule has 0 saturated carbocycles. The minimum atomic E-state index is -3.03. The summed E-state index contributed by atoms with van der Waals surface area (Å²) in [4.78, 5) is 1.63. The lowest BCUT2D eigenvalue weighted by Gasteiger charge is -2.31. The lowest BCUT2D eigenvalue weighted by molar-refractivity contribution is -0.0822. The molecule has 1 heterocycles. The maximum Gasteiger partial charge on any atom is 0.387 e. The molecule has 4 nitrogen and oxygen atoms in total. The first-order valence-electron chi connectivity index (χ1n) is 6.75. The predicted molar refractivity (Wildman–Crippen MR) is 69.4 cm³/mol. The predicted octanol–water partition coefficient (Wildman–Crippen LogP) is 2.26. The van der Waals surface area contributed by atoms with E-state index in [0.29, 0.717) is 18.5 Å². The summed E-state index contributed by atoms with van der Waals surface area (Å²) in [5.74, 6) is -0.931. The zero-order valence-corrected chi connectivity index (χ0v) is 11.5. The Morgan fingerprint density at radius 1 is 1.29 bits per heavy atom. The van der Waals surface area contributed by atoms with Crippen molar-refractivity contribution in [3.63, 3.8) is 0 Å². The molecule has 0 aromatic heterocycles. The van der Waals surface area contributed by atoms with Gasteiger partial charge in [0.1, 0.15) is 17.8 Å². The van der Waals surface area contributed by atoms with E-state index in [9.17, 15) is 23.4 Å². The van der Waals surface area contributed by atoms with Crippen molar-refractivity contribution >= 4 is 0 Å². The van der Waals surface area contributed by atoms with Crippen LogP contribution < -0.4 is 4.74 Å². The largest absolute Gasteiger partial charge is 0.435 e. The number of rotatable bonds is 5. The van der Waals surface area contributed by atoms with Gasteiger partial charge in [0.25, 0.3) is 0 Å². The molecule has 0 spiro atoms. The molecular formula is C14H18F3NO3. The van der Waals surface area contributed by atoms with Gasteiger partial charge < -0.3 is 14.9 Å². The first-order chi connectivity index (χ1) is 9.88. The SMILES string of the molecule is CC(O)C(O)N1CCC[C@@H]1c1cc(F)cc(OC(F)F)c1. The van der Waals surface area contributed by atoms with Crippen molar-refractivity contribution in [2.75, 3.05) is 6.54 Å². The fourth-order valence-corrected chi connectivity index (χ4v) is 2.69. The van der Waals surface area contributed by atoms with E-state index >= 15 is 0 Å². The summed E-state index contributed by atoms with van der Waals surface area (Å²) in [5, 5.41) is 19.5. The second-order valence-electron chi connectivity index (χ2n) is 5.15. The Balaban J connectivity index is 2.25. The number of hydrogen-bond donors (Lipinski definition) is 2. The quantitative estimate of drug-likeness (QED) is 0.876. The highest BCUT2D eigenvalue weighted by molar-refractivity contribution is 5.32. The number of ether oxygens (including phenoxy) is 1. The number of aliphatic hydroxyl groups is 2. The van der Waals surface area contributed by atoms with Crippen LogP contribution in [0.25, 0.3) is 0 Å². The monoisotopic (exact) mass is 305 g/mol. The summed E-state index contributed by atoms with van der Waals surface area (Å²) >= 11 is 0. The van der Waals surface area contributed by atoms with E-state index in [1.165, 1.54) is 19.1 Å². The Morgan fingerprint density at radius 2 is 2.00 bits per heavy atom. The van der Waals surface area contributed by atoms with Crippen LogP contribution in [0.5, 0.6) is 5.75 Å². The topological polar surface area (TPSA) is 52.9 Å². The molecule has 3 atom stereocenters. The van der Waals surface area contributed by atoms with Crippen LogP contribution in [-0.4, -0.2) is 40.6 Å². The van der Waals surface area contributed by atoms with Gasteiger partial charge in [0, 0.05) is 18.7 Å². The summed E-state index contributed by atoms with van der Waals surface area (Å²) in [7, 11) is 0. The minimum absolute atomic E-state index is 0.251. The Bertz CT molecular complexity index is 485. The van der Waals surface area contributed by atoms with Gasteiger partial charge in [-0.1, -0.05) is 0 Å². The second-order valence-corrected chi connectivity index (χ2v) is 5.15. The zero-order valence-electron chi connectivity index (χ0n) is 11.5. The molecule has 2 N–H and O–H groups in total. The molecule has 1 saturated heterocycles. The van der Waals surface area contributed by atoms with Crippen LogP contribution in [0, 0.1) is 5.82 Å². The smallest absolute Gasteiger partial charge is 0.387 e. The van der Waals surface area contributed by atoms with Gasteiger partial charge in [-0.25, -0.2) is 4.39 Å². The summed E-state index contributed by atoms with van der Waals surface area (Å²) in [6.45, 7) is -1.03. The van der Waals surface area contributed by atoms with E-state index in [-0.39, 0.29) is 11.8 Å². The molecule has 7 heteroatoms. The summed E-state index contributed by atoms with van der Waals surface area (Å²) < 4.78 is 42.3. The van der Waals surface area contributed by atoms with Crippen LogP contribution >= 0.6 is 0 Å². The van der Waals surface area contributed by atoms with Crippen LogP contribution in [0.1, 0.15) is 31.4 Å². The summed E-state index contributed by atoms with van der Waals surface area (Å²) in [6, 6.07) is 3.12. The average Bonchev–Trinajstić information content (AvgIpc) is 2.85. The van der Waals surface area contributed by atoms with Crippen LogP contribution in [0.4, 0.5) is 13.2 Å². The zero-order chi connectivity index (χ0) is 15.6. The minimum Gasteiger partial charge on any atom is -0.435 e. The first-order valence-corrected chi connectivity index (χ1v) is 6.75. The fraction of sp³-hybridized carbons (Fsp3) is 0.571. The van der Waals surface area contributed by atoms with E-state index in [1.807, 2.05) is 0 Å². The molecule has 118 valence electrons. The maximum atomic E-state index is 13.6. The Hall–Kier alpha value is -1.31. The van der Waals surface area contributed by atoms with Gasteiger partial charge in [-0.05, 0) is 37.5 Å². The van der Waals surface area contributed by atoms with Gasteiger partial charge in [-0.15, -0.1) is 0 Å². The normalized spacial score (nSPS) is 22.5. The first kappa shape index (κ1) is 16.1. The number of alkyl halides is 2. The van der Waals surface area contributed by atoms with Crippen LogP contribution in [0.3, 0.4) is 0 Å². The Kier molecular flexibility index (Phi) is 5.08. The fourth-order valence-electron chi connectivity index (χ4n) is 2.69. The molecule has 1 aromatic carbocycles. The van der Waals surface area contributed by atoms with Crippen molar-refractivity contribution in [2.45, 2.75) is 44.8 Å². The van der Waals surface area contributed by atoms with E-state index in [0.717, 1.165) is 12.5 Å². The third-order valence-electron chi connectivity index (χ3n) is 3.57. The highest BCUT2D eigenvalue weighted by Crippen LogP contribution is 2.35. The molecule has 1 aliphatic rings. The third-order valence-corrected chi connectivity index (χ3v) is 3.57. The number of aliphatic hydroxyl groups excluding tert-OH is 2. The summed E-state index contributed by atoms with van der Waals surface area (Å²) in [5.41, 5.74) is 0.447. The van der Waals surface area contributed by atoms with Gasteiger partial charge >= 0.3 is 6.61 Å². The van der Waals surface area contributed by atoms with Crippen molar-refractivity contribution in [1.29, 1.82) is 0 Å². The third kappa shape index (κ3) is 3.87. The lowest BCUT2D eigenvalue weighted by atomic mass is 10.0. The van der Waals surface area contributed by atoms with Crippen LogP contribution in [0.15, 0.2) is 18.2 Å². The van der Waals surface area contributed by atoms with Crippen molar-refractivity contribution in [2.24, 2.45) is 0 Å². The highest BCUT2D eigenvalue weighted by atomic mass is 19.3. The van der Waals surface area contributed by atoms with E-state index in [4.69, 9.17) is 0 Å². The summed E-state index contributed by atoms with van der Waals surface area (Å²) in [6.07, 6.45) is -0.645. The molecule has 1 fully saturated rings. The number of hydrogen-bond acceptors (Lipinski definition) is 4. The van der Waals surface area contributed by atoms with Crippen molar-refractivity contribution in [3.8, 4) is 5.75 Å². The average molecular weight is 305 g/mol. The van der Waals surface area contributed by atoms with Gasteiger partial charge in [0.15, 0.2) is 0 Å². The molecule has 21 heavy (non-hydrogen) atoms. The molecule has 2 rings (SSSR count). The van der Waals surface area contributed by atoms with Crippen molar-refractivity contribution < 1.29 is 28.1 Å². The van der Waals surface area contributed by atoms with Crippen LogP contribution in [0.2, 0.25) is 0 Å². The van der Waals surface area contributed by atoms with Gasteiger partial charge in [0.2, 0.25) is 0 Å². The second kappa shape index (κ2) is 6.64. The molecule has 2 unspecified atom stereocenters. The van der Waals surface area contributed by atoms with Crippen molar-refractivity contribution in [1.82, 2.24) is 4.90 Å². The molecule has 1 aliphatic heterocycles. The number of nitrogens with zero attached hydrogens (tertiary/aromatic N) is 1. The number of benzene rings is 1. The van der Waals surface area contributed by atoms with E-state index < -0.39 is 24.8 Å². The lowest BCUT2D eigenvalue weighted by Crippen LogP contribution is -2.41. The van der Waals surface area contributed by atoms with Crippen LogP contribution in [-0.2, 0) is 0 Å². The Labute approximate surface area is 120 Å². The van der Waals surface area contributed by atoms with Gasteiger partial charge in [-0.3, -0.25) is 4.90 Å². The van der Waals surface area contributed by atoms with Gasteiger partial charge in [0.05, 0.1) is 6.10 Å². The highest BCUT2D eigenvalue weighted by Gasteiger charge is 2.33. The molecule has 0 amide bonds. The molecule has 0 radical (unpaired) electrons. The molecule has 1 aromatic rings. The number of likely N-dealkylation sites (tertiary alicyclic amines) is 1. The number of halogens is 3.